The summed E-state index contributed by atoms with van der Waals surface area (Å²) in [4.78, 5) is 39.6. The van der Waals surface area contributed by atoms with Gasteiger partial charge < -0.3 is 14.5 Å². The van der Waals surface area contributed by atoms with Crippen LogP contribution in [0.25, 0.3) is 0 Å². The summed E-state index contributed by atoms with van der Waals surface area (Å²) < 4.78 is 5.28. The van der Waals surface area contributed by atoms with E-state index in [1.165, 1.54) is 15.9 Å². The summed E-state index contributed by atoms with van der Waals surface area (Å²) >= 11 is 0. The lowest BCUT2D eigenvalue weighted by Gasteiger charge is -2.15. The molecule has 2 rings (SSSR count). The van der Waals surface area contributed by atoms with Crippen molar-refractivity contribution < 1.29 is 19.1 Å². The predicted molar refractivity (Wildman–Crippen MR) is 98.3 cm³/mol. The molecule has 0 bridgehead atoms. The molecular weight excluding hydrogens is 332 g/mol. The Morgan fingerprint density at radius 2 is 1.31 bits per heavy atom. The molecule has 6 nitrogen and oxygen atoms in total. The summed E-state index contributed by atoms with van der Waals surface area (Å²) in [5, 5.41) is 0. The van der Waals surface area contributed by atoms with Gasteiger partial charge in [0.25, 0.3) is 11.8 Å². The van der Waals surface area contributed by atoms with E-state index < -0.39 is 5.97 Å². The lowest BCUT2D eigenvalue weighted by atomic mass is 10.0. The van der Waals surface area contributed by atoms with E-state index in [2.05, 4.69) is 0 Å². The lowest BCUT2D eigenvalue weighted by molar-refractivity contribution is -0.133. The third-order valence-electron chi connectivity index (χ3n) is 3.62. The van der Waals surface area contributed by atoms with Crippen molar-refractivity contribution in [3.05, 3.63) is 65.2 Å². The first-order valence-electron chi connectivity index (χ1n) is 8.11. The molecule has 0 aliphatic rings. The molecule has 0 aromatic heterocycles. The quantitative estimate of drug-likeness (QED) is 0.610. The standard InChI is InChI=1S/C20H22N2O4/c1-21(2)19(24)15-10-14(11-16(13-15)20(25)22(3)4)12-18(23)26-17-8-6-5-7-9-17/h5-11,13H,12H2,1-4H3. The van der Waals surface area contributed by atoms with Crippen molar-refractivity contribution in [1.29, 1.82) is 0 Å². The van der Waals surface area contributed by atoms with Crippen LogP contribution >= 0.6 is 0 Å². The fourth-order valence-corrected chi connectivity index (χ4v) is 2.38. The SMILES string of the molecule is CN(C)C(=O)c1cc(CC(=O)Oc2ccccc2)cc(C(=O)N(C)C)c1. The second-order valence-corrected chi connectivity index (χ2v) is 6.28. The molecule has 0 atom stereocenters. The smallest absolute Gasteiger partial charge is 0.315 e. The molecule has 0 radical (unpaired) electrons. The van der Waals surface area contributed by atoms with Gasteiger partial charge in [-0.15, -0.1) is 0 Å². The van der Waals surface area contributed by atoms with Crippen LogP contribution in [0, 0.1) is 0 Å². The number of benzene rings is 2. The molecule has 2 aromatic carbocycles. The van der Waals surface area contributed by atoms with Gasteiger partial charge in [0, 0.05) is 39.3 Å². The molecule has 6 heteroatoms. The number of esters is 1. The Bertz CT molecular complexity index is 776. The summed E-state index contributed by atoms with van der Waals surface area (Å²) in [5.41, 5.74) is 1.25. The number of carbonyl (C=O) groups excluding carboxylic acids is 3. The molecule has 0 saturated carbocycles. The molecule has 0 unspecified atom stereocenters. The summed E-state index contributed by atoms with van der Waals surface area (Å²) in [7, 11) is 6.52. The maximum atomic E-state index is 12.3. The molecule has 0 aliphatic heterocycles. The number of ether oxygens (including phenoxy) is 1. The number of para-hydroxylation sites is 1. The summed E-state index contributed by atoms with van der Waals surface area (Å²) in [5.74, 6) is -0.497. The highest BCUT2D eigenvalue weighted by molar-refractivity contribution is 6.00. The van der Waals surface area contributed by atoms with Gasteiger partial charge in [-0.3, -0.25) is 14.4 Å². The highest BCUT2D eigenvalue weighted by atomic mass is 16.5. The van der Waals surface area contributed by atoms with Gasteiger partial charge in [-0.05, 0) is 35.9 Å². The summed E-state index contributed by atoms with van der Waals surface area (Å²) in [6.07, 6.45) is -0.0445. The molecule has 0 fully saturated rings. The van der Waals surface area contributed by atoms with Gasteiger partial charge in [0.15, 0.2) is 0 Å². The molecule has 0 N–H and O–H groups in total. The minimum absolute atomic E-state index is 0.0445. The van der Waals surface area contributed by atoms with Crippen molar-refractivity contribution in [3.8, 4) is 5.75 Å². The van der Waals surface area contributed by atoms with Crippen LogP contribution in [0.5, 0.6) is 5.75 Å². The van der Waals surface area contributed by atoms with E-state index in [0.717, 1.165) is 0 Å². The van der Waals surface area contributed by atoms with Crippen LogP contribution in [0.4, 0.5) is 0 Å². The summed E-state index contributed by atoms with van der Waals surface area (Å²) in [6, 6.07) is 13.5. The molecule has 0 aliphatic carbocycles. The molecular formula is C20H22N2O4. The van der Waals surface area contributed by atoms with Gasteiger partial charge >= 0.3 is 5.97 Å². The van der Waals surface area contributed by atoms with Crippen LogP contribution < -0.4 is 4.74 Å². The monoisotopic (exact) mass is 354 g/mol. The third-order valence-corrected chi connectivity index (χ3v) is 3.62. The van der Waals surface area contributed by atoms with Gasteiger partial charge in [0.2, 0.25) is 0 Å². The maximum Gasteiger partial charge on any atom is 0.315 e. The number of carbonyl (C=O) groups is 3. The fraction of sp³-hybridized carbons (Fsp3) is 0.250. The first-order valence-corrected chi connectivity index (χ1v) is 8.11. The molecule has 0 spiro atoms. The number of hydrogen-bond donors (Lipinski definition) is 0. The summed E-state index contributed by atoms with van der Waals surface area (Å²) in [6.45, 7) is 0. The van der Waals surface area contributed by atoms with E-state index in [4.69, 9.17) is 4.74 Å². The van der Waals surface area contributed by atoms with Crippen LogP contribution in [0.2, 0.25) is 0 Å². The highest BCUT2D eigenvalue weighted by Gasteiger charge is 2.17. The normalized spacial score (nSPS) is 10.2. The van der Waals surface area contributed by atoms with E-state index in [-0.39, 0.29) is 18.2 Å². The van der Waals surface area contributed by atoms with E-state index in [9.17, 15) is 14.4 Å². The zero-order valence-electron chi connectivity index (χ0n) is 15.4. The number of rotatable bonds is 5. The van der Waals surface area contributed by atoms with Gasteiger partial charge in [-0.25, -0.2) is 0 Å². The fourth-order valence-electron chi connectivity index (χ4n) is 2.38. The molecule has 0 saturated heterocycles. The minimum atomic E-state index is -0.464. The topological polar surface area (TPSA) is 66.9 Å². The molecule has 26 heavy (non-hydrogen) atoms. The molecule has 2 amide bonds. The lowest BCUT2D eigenvalue weighted by Crippen LogP contribution is -2.25. The van der Waals surface area contributed by atoms with E-state index in [1.807, 2.05) is 6.07 Å². The largest absolute Gasteiger partial charge is 0.426 e. The second kappa shape index (κ2) is 8.29. The van der Waals surface area contributed by atoms with Crippen LogP contribution in [0.1, 0.15) is 26.3 Å². The van der Waals surface area contributed by atoms with Gasteiger partial charge in [-0.1, -0.05) is 18.2 Å². The van der Waals surface area contributed by atoms with Crippen LogP contribution in [-0.2, 0) is 11.2 Å². The highest BCUT2D eigenvalue weighted by Crippen LogP contribution is 2.16. The van der Waals surface area contributed by atoms with E-state index in [1.54, 1.807) is 64.6 Å². The third kappa shape index (κ3) is 4.92. The van der Waals surface area contributed by atoms with Crippen molar-refractivity contribution in [1.82, 2.24) is 9.80 Å². The number of nitrogens with zero attached hydrogens (tertiary/aromatic N) is 2. The van der Waals surface area contributed by atoms with Crippen molar-refractivity contribution >= 4 is 17.8 Å². The van der Waals surface area contributed by atoms with Crippen molar-refractivity contribution in [2.75, 3.05) is 28.2 Å². The molecule has 136 valence electrons. The van der Waals surface area contributed by atoms with Crippen molar-refractivity contribution in [2.24, 2.45) is 0 Å². The zero-order valence-corrected chi connectivity index (χ0v) is 15.4. The van der Waals surface area contributed by atoms with Crippen LogP contribution in [-0.4, -0.2) is 55.8 Å². The Labute approximate surface area is 153 Å². The average Bonchev–Trinajstić information content (AvgIpc) is 2.60. The first kappa shape index (κ1) is 19.2. The number of hydrogen-bond acceptors (Lipinski definition) is 4. The van der Waals surface area contributed by atoms with Gasteiger partial charge in [0.05, 0.1) is 6.42 Å². The first-order chi connectivity index (χ1) is 12.3. The maximum absolute atomic E-state index is 12.3. The second-order valence-electron chi connectivity index (χ2n) is 6.28. The Morgan fingerprint density at radius 1 is 0.808 bits per heavy atom. The van der Waals surface area contributed by atoms with Crippen molar-refractivity contribution in [3.63, 3.8) is 0 Å². The Hall–Kier alpha value is -3.15. The van der Waals surface area contributed by atoms with Gasteiger partial charge in [0.1, 0.15) is 5.75 Å². The number of amides is 2. The van der Waals surface area contributed by atoms with Crippen LogP contribution in [0.3, 0.4) is 0 Å². The molecule has 0 heterocycles. The van der Waals surface area contributed by atoms with E-state index >= 15 is 0 Å². The Morgan fingerprint density at radius 3 is 1.77 bits per heavy atom. The van der Waals surface area contributed by atoms with Crippen molar-refractivity contribution in [2.45, 2.75) is 6.42 Å². The Balaban J connectivity index is 2.29. The predicted octanol–water partition coefficient (Wildman–Crippen LogP) is 2.24. The average molecular weight is 354 g/mol. The van der Waals surface area contributed by atoms with Crippen LogP contribution in [0.15, 0.2) is 48.5 Å². The minimum Gasteiger partial charge on any atom is -0.426 e. The van der Waals surface area contributed by atoms with Gasteiger partial charge in [-0.2, -0.15) is 0 Å². The Kier molecular flexibility index (Phi) is 6.11. The zero-order chi connectivity index (χ0) is 19.3. The molecule has 2 aromatic rings. The van der Waals surface area contributed by atoms with E-state index in [0.29, 0.717) is 22.4 Å².